The van der Waals surface area contributed by atoms with Gasteiger partial charge in [0, 0.05) is 0 Å². The van der Waals surface area contributed by atoms with Crippen LogP contribution in [0, 0.1) is 0 Å². The predicted molar refractivity (Wildman–Crippen MR) is 67.3 cm³/mol. The molecule has 1 saturated heterocycles. The molecule has 1 aromatic carbocycles. The number of rotatable bonds is 3. The number of esters is 1. The molecule has 21 heavy (non-hydrogen) atoms. The lowest BCUT2D eigenvalue weighted by atomic mass is 9.99. The molecule has 1 aliphatic rings. The second-order valence-corrected chi connectivity index (χ2v) is 4.65. The molecule has 1 aliphatic heterocycles. The largest absolute Gasteiger partial charge is 0.508 e. The summed E-state index contributed by atoms with van der Waals surface area (Å²) in [5.41, 5.74) is 0.0203. The molecule has 0 bridgehead atoms. The normalized spacial score (nSPS) is 32.7. The van der Waals surface area contributed by atoms with E-state index < -0.39 is 43.3 Å². The molecule has 0 aliphatic carbocycles. The highest BCUT2D eigenvalue weighted by atomic mass is 16.7. The molecule has 0 aromatic heterocycles. The van der Waals surface area contributed by atoms with E-state index in [0.717, 1.165) is 6.07 Å². The highest BCUT2D eigenvalue weighted by Crippen LogP contribution is 2.23. The fourth-order valence-electron chi connectivity index (χ4n) is 1.97. The standard InChI is InChI=1S/C13H16O8/c14-5-8-9(16)10(17)11(18)13(20-8)21-12(19)6-2-1-3-7(15)4-6/h1-4,8-11,13-18H,5H2/t8-,9-,10+,11-,13?/m1/s1. The van der Waals surface area contributed by atoms with Gasteiger partial charge in [-0.25, -0.2) is 4.79 Å². The topological polar surface area (TPSA) is 137 Å². The van der Waals surface area contributed by atoms with Crippen molar-refractivity contribution in [1.29, 1.82) is 0 Å². The van der Waals surface area contributed by atoms with Crippen molar-refractivity contribution in [3.05, 3.63) is 29.8 Å². The van der Waals surface area contributed by atoms with E-state index in [-0.39, 0.29) is 11.3 Å². The third-order valence-corrected chi connectivity index (χ3v) is 3.15. The number of ether oxygens (including phenoxy) is 2. The molecule has 0 saturated carbocycles. The minimum absolute atomic E-state index is 0.0203. The number of carbonyl (C=O) groups is 1. The van der Waals surface area contributed by atoms with Crippen LogP contribution in [0.5, 0.6) is 5.75 Å². The molecule has 0 spiro atoms. The van der Waals surface area contributed by atoms with Gasteiger partial charge in [-0.3, -0.25) is 0 Å². The molecular weight excluding hydrogens is 284 g/mol. The average Bonchev–Trinajstić information content (AvgIpc) is 2.47. The van der Waals surface area contributed by atoms with Gasteiger partial charge in [0.05, 0.1) is 12.2 Å². The highest BCUT2D eigenvalue weighted by molar-refractivity contribution is 5.89. The van der Waals surface area contributed by atoms with E-state index in [1.54, 1.807) is 0 Å². The summed E-state index contributed by atoms with van der Waals surface area (Å²) < 4.78 is 9.93. The summed E-state index contributed by atoms with van der Waals surface area (Å²) in [5, 5.41) is 47.2. The number of aliphatic hydroxyl groups is 4. The average molecular weight is 300 g/mol. The number of phenolic OH excluding ortho intramolecular Hbond substituents is 1. The number of phenols is 1. The number of aromatic hydroxyl groups is 1. The second-order valence-electron chi connectivity index (χ2n) is 4.65. The van der Waals surface area contributed by atoms with Gasteiger partial charge in [-0.05, 0) is 18.2 Å². The summed E-state index contributed by atoms with van der Waals surface area (Å²) in [6.45, 7) is -0.620. The monoisotopic (exact) mass is 300 g/mol. The molecule has 1 unspecified atom stereocenters. The van der Waals surface area contributed by atoms with Crippen LogP contribution in [-0.4, -0.2) is 68.8 Å². The Morgan fingerprint density at radius 1 is 1.19 bits per heavy atom. The Labute approximate surface area is 119 Å². The SMILES string of the molecule is O=C(OC1O[C@H](CO)[C@@H](O)[C@H](O)[C@H]1O)c1cccc(O)c1. The van der Waals surface area contributed by atoms with Crippen molar-refractivity contribution < 1.29 is 39.8 Å². The van der Waals surface area contributed by atoms with E-state index in [0.29, 0.717) is 0 Å². The van der Waals surface area contributed by atoms with E-state index in [9.17, 15) is 25.2 Å². The summed E-state index contributed by atoms with van der Waals surface area (Å²) in [5.74, 6) is -1.03. The molecule has 116 valence electrons. The van der Waals surface area contributed by atoms with E-state index in [1.807, 2.05) is 0 Å². The van der Waals surface area contributed by atoms with Gasteiger partial charge < -0.3 is 35.0 Å². The van der Waals surface area contributed by atoms with Crippen molar-refractivity contribution in [2.75, 3.05) is 6.61 Å². The van der Waals surface area contributed by atoms with Crippen LogP contribution < -0.4 is 0 Å². The lowest BCUT2D eigenvalue weighted by molar-refractivity contribution is -0.285. The molecule has 1 heterocycles. The Kier molecular flexibility index (Phi) is 4.76. The minimum atomic E-state index is -1.66. The molecule has 5 atom stereocenters. The first-order valence-corrected chi connectivity index (χ1v) is 6.24. The van der Waals surface area contributed by atoms with Gasteiger partial charge in [-0.15, -0.1) is 0 Å². The van der Waals surface area contributed by atoms with Gasteiger partial charge in [0.2, 0.25) is 6.29 Å². The maximum Gasteiger partial charge on any atom is 0.340 e. The molecular formula is C13H16O8. The van der Waals surface area contributed by atoms with Crippen molar-refractivity contribution in [3.8, 4) is 5.75 Å². The van der Waals surface area contributed by atoms with Gasteiger partial charge in [0.1, 0.15) is 30.2 Å². The fourth-order valence-corrected chi connectivity index (χ4v) is 1.97. The van der Waals surface area contributed by atoms with Gasteiger partial charge in [-0.1, -0.05) is 6.07 Å². The number of aliphatic hydroxyl groups excluding tert-OH is 4. The summed E-state index contributed by atoms with van der Waals surface area (Å²) in [6, 6.07) is 5.34. The lowest BCUT2D eigenvalue weighted by Gasteiger charge is -2.39. The van der Waals surface area contributed by atoms with Gasteiger partial charge in [0.25, 0.3) is 0 Å². The maximum atomic E-state index is 11.9. The fraction of sp³-hybridized carbons (Fsp3) is 0.462. The Hall–Kier alpha value is -1.71. The Morgan fingerprint density at radius 3 is 2.52 bits per heavy atom. The van der Waals surface area contributed by atoms with Gasteiger partial charge in [0.15, 0.2) is 0 Å². The lowest BCUT2D eigenvalue weighted by Crippen LogP contribution is -2.59. The van der Waals surface area contributed by atoms with Crippen LogP contribution in [0.4, 0.5) is 0 Å². The van der Waals surface area contributed by atoms with Crippen molar-refractivity contribution in [3.63, 3.8) is 0 Å². The van der Waals surface area contributed by atoms with E-state index in [2.05, 4.69) is 0 Å². The first-order chi connectivity index (χ1) is 9.93. The number of benzene rings is 1. The van der Waals surface area contributed by atoms with Crippen LogP contribution in [0.15, 0.2) is 24.3 Å². The van der Waals surface area contributed by atoms with Crippen LogP contribution in [0.1, 0.15) is 10.4 Å². The summed E-state index contributed by atoms with van der Waals surface area (Å²) in [4.78, 5) is 11.9. The number of hydrogen-bond acceptors (Lipinski definition) is 8. The molecule has 8 heteroatoms. The molecule has 1 fully saturated rings. The van der Waals surface area contributed by atoms with E-state index in [1.165, 1.54) is 18.2 Å². The number of hydrogen-bond donors (Lipinski definition) is 5. The van der Waals surface area contributed by atoms with Crippen LogP contribution in [0.3, 0.4) is 0 Å². The molecule has 1 aromatic rings. The van der Waals surface area contributed by atoms with Crippen molar-refractivity contribution in [2.45, 2.75) is 30.7 Å². The van der Waals surface area contributed by atoms with Gasteiger partial charge >= 0.3 is 5.97 Å². The van der Waals surface area contributed by atoms with Crippen molar-refractivity contribution in [1.82, 2.24) is 0 Å². The zero-order valence-electron chi connectivity index (χ0n) is 10.9. The quantitative estimate of drug-likeness (QED) is 0.419. The molecule has 0 amide bonds. The Balaban J connectivity index is 2.09. The Bertz CT molecular complexity index is 503. The molecule has 0 radical (unpaired) electrons. The maximum absolute atomic E-state index is 11.9. The second kappa shape index (κ2) is 6.37. The van der Waals surface area contributed by atoms with Crippen molar-refractivity contribution in [2.24, 2.45) is 0 Å². The van der Waals surface area contributed by atoms with Crippen LogP contribution >= 0.6 is 0 Å². The summed E-state index contributed by atoms with van der Waals surface area (Å²) in [6.07, 6.45) is -7.52. The molecule has 5 N–H and O–H groups in total. The zero-order valence-corrected chi connectivity index (χ0v) is 10.9. The highest BCUT2D eigenvalue weighted by Gasteiger charge is 2.45. The Morgan fingerprint density at radius 2 is 1.90 bits per heavy atom. The van der Waals surface area contributed by atoms with Crippen molar-refractivity contribution >= 4 is 5.97 Å². The summed E-state index contributed by atoms with van der Waals surface area (Å²) >= 11 is 0. The summed E-state index contributed by atoms with van der Waals surface area (Å²) in [7, 11) is 0. The smallest absolute Gasteiger partial charge is 0.340 e. The van der Waals surface area contributed by atoms with E-state index >= 15 is 0 Å². The molecule has 8 nitrogen and oxygen atoms in total. The molecule has 2 rings (SSSR count). The first-order valence-electron chi connectivity index (χ1n) is 6.24. The third kappa shape index (κ3) is 3.31. The van der Waals surface area contributed by atoms with Gasteiger partial charge in [-0.2, -0.15) is 0 Å². The van der Waals surface area contributed by atoms with Crippen LogP contribution in [-0.2, 0) is 9.47 Å². The first kappa shape index (κ1) is 15.7. The third-order valence-electron chi connectivity index (χ3n) is 3.15. The minimum Gasteiger partial charge on any atom is -0.508 e. The zero-order chi connectivity index (χ0) is 15.6. The predicted octanol–water partition coefficient (Wildman–Crippen LogP) is -1.65. The van der Waals surface area contributed by atoms with E-state index in [4.69, 9.17) is 14.6 Å². The van der Waals surface area contributed by atoms with Crippen LogP contribution in [0.2, 0.25) is 0 Å². The number of carbonyl (C=O) groups excluding carboxylic acids is 1. The van der Waals surface area contributed by atoms with Crippen LogP contribution in [0.25, 0.3) is 0 Å².